The summed E-state index contributed by atoms with van der Waals surface area (Å²) in [5, 5.41) is 3.17. The van der Waals surface area contributed by atoms with Crippen LogP contribution in [0.4, 0.5) is 0 Å². The third-order valence-electron chi connectivity index (χ3n) is 3.13. The molecule has 0 amide bonds. The summed E-state index contributed by atoms with van der Waals surface area (Å²) in [4.78, 5) is 6.42. The lowest BCUT2D eigenvalue weighted by atomic mass is 10.1. The Morgan fingerprint density at radius 1 is 1.45 bits per heavy atom. The van der Waals surface area contributed by atoms with Gasteiger partial charge in [-0.1, -0.05) is 0 Å². The van der Waals surface area contributed by atoms with Crippen molar-refractivity contribution >= 4 is 16.0 Å². The maximum Gasteiger partial charge on any atom is 0.208 e. The summed E-state index contributed by atoms with van der Waals surface area (Å²) in [6.45, 7) is 6.30. The molecule has 1 fully saturated rings. The monoisotopic (exact) mass is 306 g/mol. The van der Waals surface area contributed by atoms with Gasteiger partial charge in [-0.05, 0) is 13.3 Å². The Bertz CT molecular complexity index is 411. The van der Waals surface area contributed by atoms with Crippen LogP contribution in [-0.2, 0) is 14.8 Å². The summed E-state index contributed by atoms with van der Waals surface area (Å²) in [7, 11) is -1.39. The fraction of sp³-hybridized carbons (Fsp3) is 0.917. The van der Waals surface area contributed by atoms with Crippen LogP contribution in [0.5, 0.6) is 0 Å². The molecule has 0 aromatic rings. The number of ether oxygens (including phenoxy) is 1. The fourth-order valence-corrected chi connectivity index (χ4v) is 2.66. The quantitative estimate of drug-likeness (QED) is 0.375. The number of guanidine groups is 1. The van der Waals surface area contributed by atoms with Crippen LogP contribution in [-0.4, -0.2) is 72.0 Å². The molecule has 0 bridgehead atoms. The third-order valence-corrected chi connectivity index (χ3v) is 3.86. The zero-order chi connectivity index (χ0) is 15.0. The molecular formula is C12H26N4O3S. The lowest BCUT2D eigenvalue weighted by Crippen LogP contribution is -2.43. The molecule has 0 aromatic carbocycles. The van der Waals surface area contributed by atoms with Crippen LogP contribution in [0.1, 0.15) is 13.3 Å². The molecule has 1 unspecified atom stereocenters. The molecule has 2 N–H and O–H groups in total. The van der Waals surface area contributed by atoms with Crippen LogP contribution in [0.2, 0.25) is 0 Å². The Morgan fingerprint density at radius 3 is 2.80 bits per heavy atom. The van der Waals surface area contributed by atoms with Crippen molar-refractivity contribution in [3.63, 3.8) is 0 Å². The summed E-state index contributed by atoms with van der Waals surface area (Å²) in [6.07, 6.45) is 2.25. The highest BCUT2D eigenvalue weighted by molar-refractivity contribution is 7.88. The topological polar surface area (TPSA) is 83.0 Å². The van der Waals surface area contributed by atoms with Gasteiger partial charge in [0.15, 0.2) is 5.96 Å². The highest BCUT2D eigenvalue weighted by atomic mass is 32.2. The van der Waals surface area contributed by atoms with Gasteiger partial charge in [0.2, 0.25) is 10.0 Å². The molecule has 0 aliphatic carbocycles. The second-order valence-corrected chi connectivity index (χ2v) is 6.73. The molecule has 7 nitrogen and oxygen atoms in total. The van der Waals surface area contributed by atoms with Crippen molar-refractivity contribution in [2.24, 2.45) is 10.9 Å². The Kier molecular flexibility index (Phi) is 7.25. The number of hydrogen-bond donors (Lipinski definition) is 2. The first-order valence-electron chi connectivity index (χ1n) is 6.94. The summed E-state index contributed by atoms with van der Waals surface area (Å²) in [5.74, 6) is 1.36. The average molecular weight is 306 g/mol. The molecule has 20 heavy (non-hydrogen) atoms. The van der Waals surface area contributed by atoms with Gasteiger partial charge in [-0.3, -0.25) is 4.99 Å². The number of aliphatic imine (C=N–C) groups is 1. The number of hydrogen-bond acceptors (Lipinski definition) is 4. The molecule has 1 aliphatic rings. The second-order valence-electron chi connectivity index (χ2n) is 4.90. The van der Waals surface area contributed by atoms with E-state index >= 15 is 0 Å². The van der Waals surface area contributed by atoms with E-state index < -0.39 is 10.0 Å². The van der Waals surface area contributed by atoms with Gasteiger partial charge in [0.1, 0.15) is 0 Å². The van der Waals surface area contributed by atoms with Crippen molar-refractivity contribution in [1.29, 1.82) is 0 Å². The maximum atomic E-state index is 11.0. The molecule has 0 radical (unpaired) electrons. The summed E-state index contributed by atoms with van der Waals surface area (Å²) >= 11 is 0. The largest absolute Gasteiger partial charge is 0.381 e. The van der Waals surface area contributed by atoms with Gasteiger partial charge in [0.05, 0.1) is 12.9 Å². The summed E-state index contributed by atoms with van der Waals surface area (Å²) in [5.41, 5.74) is 0. The van der Waals surface area contributed by atoms with Gasteiger partial charge >= 0.3 is 0 Å². The molecule has 1 rings (SSSR count). The van der Waals surface area contributed by atoms with Crippen molar-refractivity contribution in [3.05, 3.63) is 0 Å². The predicted octanol–water partition coefficient (Wildman–Crippen LogP) is -0.531. The molecule has 1 saturated heterocycles. The van der Waals surface area contributed by atoms with E-state index in [0.717, 1.165) is 44.9 Å². The van der Waals surface area contributed by atoms with Crippen molar-refractivity contribution < 1.29 is 13.2 Å². The van der Waals surface area contributed by atoms with E-state index in [4.69, 9.17) is 4.74 Å². The fourth-order valence-electron chi connectivity index (χ4n) is 2.19. The first kappa shape index (κ1) is 17.2. The highest BCUT2D eigenvalue weighted by Gasteiger charge is 2.24. The SMILES string of the molecule is CCOCC1CCN(C(=NC)NCCNS(C)(=O)=O)C1. The lowest BCUT2D eigenvalue weighted by Gasteiger charge is -2.21. The van der Waals surface area contributed by atoms with Gasteiger partial charge in [-0.25, -0.2) is 13.1 Å². The van der Waals surface area contributed by atoms with Crippen LogP contribution in [0.25, 0.3) is 0 Å². The number of likely N-dealkylation sites (tertiary alicyclic amines) is 1. The number of rotatable bonds is 7. The van der Waals surface area contributed by atoms with Gasteiger partial charge in [0.25, 0.3) is 0 Å². The molecule has 0 spiro atoms. The average Bonchev–Trinajstić information content (AvgIpc) is 2.84. The molecule has 1 atom stereocenters. The van der Waals surface area contributed by atoms with Gasteiger partial charge in [0, 0.05) is 45.8 Å². The van der Waals surface area contributed by atoms with Crippen LogP contribution in [0.3, 0.4) is 0 Å². The number of sulfonamides is 1. The second kappa shape index (κ2) is 8.43. The summed E-state index contributed by atoms with van der Waals surface area (Å²) < 4.78 is 29.8. The molecule has 8 heteroatoms. The van der Waals surface area contributed by atoms with Crippen LogP contribution < -0.4 is 10.0 Å². The Balaban J connectivity index is 2.30. The summed E-state index contributed by atoms with van der Waals surface area (Å²) in [6, 6.07) is 0. The predicted molar refractivity (Wildman–Crippen MR) is 80.4 cm³/mol. The number of nitrogens with one attached hydrogen (secondary N) is 2. The van der Waals surface area contributed by atoms with Crippen molar-refractivity contribution in [1.82, 2.24) is 14.9 Å². The minimum atomic E-state index is -3.13. The van der Waals surface area contributed by atoms with Crippen LogP contribution in [0, 0.1) is 5.92 Å². The molecule has 1 heterocycles. The van der Waals surface area contributed by atoms with Crippen LogP contribution >= 0.6 is 0 Å². The van der Waals surface area contributed by atoms with E-state index in [1.165, 1.54) is 0 Å². The smallest absolute Gasteiger partial charge is 0.208 e. The number of nitrogens with zero attached hydrogens (tertiary/aromatic N) is 2. The minimum Gasteiger partial charge on any atom is -0.381 e. The zero-order valence-electron chi connectivity index (χ0n) is 12.6. The minimum absolute atomic E-state index is 0.355. The third kappa shape index (κ3) is 6.53. The van der Waals surface area contributed by atoms with E-state index in [2.05, 4.69) is 19.9 Å². The zero-order valence-corrected chi connectivity index (χ0v) is 13.4. The Hall–Kier alpha value is -0.860. The molecule has 0 aromatic heterocycles. The van der Waals surface area contributed by atoms with E-state index in [1.807, 2.05) is 6.92 Å². The molecular weight excluding hydrogens is 280 g/mol. The van der Waals surface area contributed by atoms with Crippen molar-refractivity contribution in [2.45, 2.75) is 13.3 Å². The first-order chi connectivity index (χ1) is 9.46. The van der Waals surface area contributed by atoms with E-state index in [-0.39, 0.29) is 0 Å². The normalized spacial score (nSPS) is 20.4. The highest BCUT2D eigenvalue weighted by Crippen LogP contribution is 2.16. The molecule has 1 aliphatic heterocycles. The first-order valence-corrected chi connectivity index (χ1v) is 8.83. The van der Waals surface area contributed by atoms with Crippen LogP contribution in [0.15, 0.2) is 4.99 Å². The van der Waals surface area contributed by atoms with E-state index in [0.29, 0.717) is 19.0 Å². The van der Waals surface area contributed by atoms with E-state index in [9.17, 15) is 8.42 Å². The Morgan fingerprint density at radius 2 is 2.20 bits per heavy atom. The van der Waals surface area contributed by atoms with Gasteiger partial charge < -0.3 is 15.0 Å². The standard InChI is InChI=1S/C12H26N4O3S/c1-4-19-10-11-5-8-16(9-11)12(13-2)14-6-7-15-20(3,17)18/h11,15H,4-10H2,1-3H3,(H,13,14). The van der Waals surface area contributed by atoms with Gasteiger partial charge in [-0.15, -0.1) is 0 Å². The van der Waals surface area contributed by atoms with Gasteiger partial charge in [-0.2, -0.15) is 0 Å². The van der Waals surface area contributed by atoms with Crippen molar-refractivity contribution in [3.8, 4) is 0 Å². The maximum absolute atomic E-state index is 11.0. The Labute approximate surface area is 121 Å². The van der Waals surface area contributed by atoms with Crippen molar-refractivity contribution in [2.75, 3.05) is 52.7 Å². The molecule has 0 saturated carbocycles. The molecule has 118 valence electrons. The lowest BCUT2D eigenvalue weighted by molar-refractivity contribution is 0.114. The van der Waals surface area contributed by atoms with E-state index in [1.54, 1.807) is 7.05 Å².